The van der Waals surface area contributed by atoms with Gasteiger partial charge in [-0.1, -0.05) is 6.92 Å². The van der Waals surface area contributed by atoms with E-state index in [1.165, 1.54) is 16.6 Å². The smallest absolute Gasteiger partial charge is 0.251 e. The van der Waals surface area contributed by atoms with E-state index in [-0.39, 0.29) is 5.91 Å². The quantitative estimate of drug-likeness (QED) is 0.886. The molecule has 0 saturated heterocycles. The predicted molar refractivity (Wildman–Crippen MR) is 73.5 cm³/mol. The Kier molecular flexibility index (Phi) is 3.94. The fraction of sp³-hybridized carbons (Fsp3) is 0.231. The number of nitrogen functional groups attached to an aromatic ring is 1. The van der Waals surface area contributed by atoms with Gasteiger partial charge in [-0.25, -0.2) is 4.98 Å². The summed E-state index contributed by atoms with van der Waals surface area (Å²) in [5.74, 6) is 0.229. The van der Waals surface area contributed by atoms with Gasteiger partial charge in [0.05, 0.1) is 6.54 Å². The molecule has 4 nitrogen and oxygen atoms in total. The Balaban J connectivity index is 2.00. The lowest BCUT2D eigenvalue weighted by Crippen LogP contribution is -2.22. The van der Waals surface area contributed by atoms with Crippen molar-refractivity contribution in [2.75, 3.05) is 5.73 Å². The van der Waals surface area contributed by atoms with E-state index >= 15 is 0 Å². The van der Waals surface area contributed by atoms with E-state index in [2.05, 4.69) is 23.3 Å². The third-order valence-electron chi connectivity index (χ3n) is 2.67. The molecule has 0 radical (unpaired) electrons. The van der Waals surface area contributed by atoms with Gasteiger partial charge in [0.25, 0.3) is 5.91 Å². The highest BCUT2D eigenvalue weighted by atomic mass is 32.1. The molecule has 0 aliphatic carbocycles. The topological polar surface area (TPSA) is 68.0 Å². The average Bonchev–Trinajstić information content (AvgIpc) is 2.83. The van der Waals surface area contributed by atoms with Gasteiger partial charge in [-0.3, -0.25) is 4.79 Å². The van der Waals surface area contributed by atoms with Gasteiger partial charge in [-0.05, 0) is 35.6 Å². The summed E-state index contributed by atoms with van der Waals surface area (Å²) in [6.07, 6.45) is 2.52. The minimum atomic E-state index is -0.125. The molecule has 0 aliphatic heterocycles. The van der Waals surface area contributed by atoms with Crippen LogP contribution in [0.5, 0.6) is 0 Å². The second kappa shape index (κ2) is 5.64. The summed E-state index contributed by atoms with van der Waals surface area (Å²) >= 11 is 1.66. The SMILES string of the molecule is CCc1ccsc1CNC(=O)c1ccnc(N)c1. The molecule has 94 valence electrons. The van der Waals surface area contributed by atoms with Gasteiger partial charge >= 0.3 is 0 Å². The lowest BCUT2D eigenvalue weighted by molar-refractivity contribution is 0.0951. The maximum atomic E-state index is 11.9. The number of hydrogen-bond acceptors (Lipinski definition) is 4. The van der Waals surface area contributed by atoms with Crippen molar-refractivity contribution in [1.82, 2.24) is 10.3 Å². The van der Waals surface area contributed by atoms with Gasteiger partial charge in [0.1, 0.15) is 5.82 Å². The fourth-order valence-corrected chi connectivity index (χ4v) is 2.61. The molecule has 2 aromatic heterocycles. The number of pyridine rings is 1. The van der Waals surface area contributed by atoms with E-state index < -0.39 is 0 Å². The zero-order chi connectivity index (χ0) is 13.0. The first-order valence-corrected chi connectivity index (χ1v) is 6.63. The van der Waals surface area contributed by atoms with E-state index in [4.69, 9.17) is 5.73 Å². The normalized spacial score (nSPS) is 10.3. The van der Waals surface area contributed by atoms with Crippen molar-refractivity contribution in [3.63, 3.8) is 0 Å². The van der Waals surface area contributed by atoms with Crippen LogP contribution in [-0.4, -0.2) is 10.9 Å². The monoisotopic (exact) mass is 261 g/mol. The number of rotatable bonds is 4. The van der Waals surface area contributed by atoms with Crippen molar-refractivity contribution in [3.8, 4) is 0 Å². The average molecular weight is 261 g/mol. The van der Waals surface area contributed by atoms with Crippen LogP contribution in [0.3, 0.4) is 0 Å². The first-order valence-electron chi connectivity index (χ1n) is 5.75. The number of hydrogen-bond donors (Lipinski definition) is 2. The molecule has 0 unspecified atom stereocenters. The molecular weight excluding hydrogens is 246 g/mol. The maximum Gasteiger partial charge on any atom is 0.251 e. The second-order valence-corrected chi connectivity index (χ2v) is 4.88. The summed E-state index contributed by atoms with van der Waals surface area (Å²) < 4.78 is 0. The van der Waals surface area contributed by atoms with Gasteiger partial charge in [0.15, 0.2) is 0 Å². The maximum absolute atomic E-state index is 11.9. The first-order chi connectivity index (χ1) is 8.70. The molecule has 1 amide bonds. The second-order valence-electron chi connectivity index (χ2n) is 3.87. The molecule has 0 atom stereocenters. The molecule has 0 saturated carbocycles. The lowest BCUT2D eigenvalue weighted by Gasteiger charge is -2.05. The highest BCUT2D eigenvalue weighted by Gasteiger charge is 2.08. The molecular formula is C13H15N3OS. The van der Waals surface area contributed by atoms with E-state index in [9.17, 15) is 4.79 Å². The Labute approximate surface area is 110 Å². The molecule has 5 heteroatoms. The van der Waals surface area contributed by atoms with Crippen molar-refractivity contribution in [2.45, 2.75) is 19.9 Å². The number of nitrogens with one attached hydrogen (secondary N) is 1. The number of thiophene rings is 1. The summed E-state index contributed by atoms with van der Waals surface area (Å²) in [4.78, 5) is 17.0. The van der Waals surface area contributed by atoms with E-state index in [1.807, 2.05) is 5.38 Å². The number of amides is 1. The van der Waals surface area contributed by atoms with Gasteiger partial charge in [0, 0.05) is 16.6 Å². The summed E-state index contributed by atoms with van der Waals surface area (Å²) in [5.41, 5.74) is 7.37. The lowest BCUT2D eigenvalue weighted by atomic mass is 10.2. The van der Waals surface area contributed by atoms with Crippen molar-refractivity contribution in [2.24, 2.45) is 0 Å². The van der Waals surface area contributed by atoms with Crippen molar-refractivity contribution in [3.05, 3.63) is 45.8 Å². The van der Waals surface area contributed by atoms with Crippen molar-refractivity contribution >= 4 is 23.1 Å². The molecule has 2 heterocycles. The summed E-state index contributed by atoms with van der Waals surface area (Å²) in [7, 11) is 0. The van der Waals surface area contributed by atoms with E-state index in [0.29, 0.717) is 17.9 Å². The van der Waals surface area contributed by atoms with Gasteiger partial charge in [-0.2, -0.15) is 0 Å². The third kappa shape index (κ3) is 2.87. The molecule has 2 rings (SSSR count). The minimum absolute atomic E-state index is 0.125. The predicted octanol–water partition coefficient (Wildman–Crippen LogP) is 2.22. The van der Waals surface area contributed by atoms with Gasteiger partial charge < -0.3 is 11.1 Å². The van der Waals surface area contributed by atoms with Crippen LogP contribution < -0.4 is 11.1 Å². The Bertz CT molecular complexity index is 551. The van der Waals surface area contributed by atoms with Crippen LogP contribution in [0.15, 0.2) is 29.8 Å². The number of carbonyl (C=O) groups is 1. The standard InChI is InChI=1S/C13H15N3OS/c1-2-9-4-6-18-11(9)8-16-13(17)10-3-5-15-12(14)7-10/h3-7H,2,8H2,1H3,(H2,14,15)(H,16,17). The highest BCUT2D eigenvalue weighted by Crippen LogP contribution is 2.17. The fourth-order valence-electron chi connectivity index (χ4n) is 1.69. The van der Waals surface area contributed by atoms with Crippen LogP contribution >= 0.6 is 11.3 Å². The van der Waals surface area contributed by atoms with Crippen molar-refractivity contribution in [1.29, 1.82) is 0 Å². The number of aryl methyl sites for hydroxylation is 1. The molecule has 0 aliphatic rings. The third-order valence-corrected chi connectivity index (χ3v) is 3.63. The largest absolute Gasteiger partial charge is 0.384 e. The molecule has 0 bridgehead atoms. The molecule has 3 N–H and O–H groups in total. The molecule has 2 aromatic rings. The minimum Gasteiger partial charge on any atom is -0.384 e. The first kappa shape index (κ1) is 12.6. The van der Waals surface area contributed by atoms with Crippen LogP contribution in [0.4, 0.5) is 5.82 Å². The van der Waals surface area contributed by atoms with Crippen LogP contribution in [0.1, 0.15) is 27.7 Å². The molecule has 0 aromatic carbocycles. The van der Waals surface area contributed by atoms with Crippen LogP contribution in [0.2, 0.25) is 0 Å². The molecule has 0 fully saturated rings. The van der Waals surface area contributed by atoms with Crippen LogP contribution in [-0.2, 0) is 13.0 Å². The Morgan fingerprint density at radius 3 is 3.06 bits per heavy atom. The van der Waals surface area contributed by atoms with E-state index in [0.717, 1.165) is 6.42 Å². The zero-order valence-electron chi connectivity index (χ0n) is 10.1. The number of nitrogens with zero attached hydrogens (tertiary/aromatic N) is 1. The summed E-state index contributed by atoms with van der Waals surface area (Å²) in [6, 6.07) is 5.32. The number of carbonyl (C=O) groups excluding carboxylic acids is 1. The van der Waals surface area contributed by atoms with Gasteiger partial charge in [0.2, 0.25) is 0 Å². The van der Waals surface area contributed by atoms with Gasteiger partial charge in [-0.15, -0.1) is 11.3 Å². The Morgan fingerprint density at radius 2 is 2.33 bits per heavy atom. The molecule has 0 spiro atoms. The Morgan fingerprint density at radius 1 is 1.50 bits per heavy atom. The number of aromatic nitrogens is 1. The van der Waals surface area contributed by atoms with Crippen LogP contribution in [0, 0.1) is 0 Å². The van der Waals surface area contributed by atoms with Crippen LogP contribution in [0.25, 0.3) is 0 Å². The number of anilines is 1. The van der Waals surface area contributed by atoms with Crippen molar-refractivity contribution < 1.29 is 4.79 Å². The highest BCUT2D eigenvalue weighted by molar-refractivity contribution is 7.10. The number of nitrogens with two attached hydrogens (primary N) is 1. The molecule has 18 heavy (non-hydrogen) atoms. The zero-order valence-corrected chi connectivity index (χ0v) is 11.0. The van der Waals surface area contributed by atoms with E-state index in [1.54, 1.807) is 23.5 Å². The Hall–Kier alpha value is -1.88. The summed E-state index contributed by atoms with van der Waals surface area (Å²) in [5, 5.41) is 4.94. The summed E-state index contributed by atoms with van der Waals surface area (Å²) in [6.45, 7) is 2.67.